The van der Waals surface area contributed by atoms with Gasteiger partial charge in [-0.15, -0.1) is 0 Å². The SMILES string of the molecule is Cc1cccc(C2OC(CO)CN2CC(C)C)c1. The first-order valence-corrected chi connectivity index (χ1v) is 6.67. The maximum Gasteiger partial charge on any atom is 0.137 e. The minimum atomic E-state index is -0.0609. The molecule has 1 aliphatic rings. The smallest absolute Gasteiger partial charge is 0.137 e. The molecule has 0 amide bonds. The molecule has 100 valence electrons. The summed E-state index contributed by atoms with van der Waals surface area (Å²) in [5.41, 5.74) is 2.43. The summed E-state index contributed by atoms with van der Waals surface area (Å²) in [4.78, 5) is 2.32. The van der Waals surface area contributed by atoms with E-state index in [2.05, 4.69) is 49.9 Å². The Hall–Kier alpha value is -0.900. The van der Waals surface area contributed by atoms with Crippen molar-refractivity contribution in [1.29, 1.82) is 0 Å². The van der Waals surface area contributed by atoms with Crippen LogP contribution in [0.15, 0.2) is 24.3 Å². The molecule has 0 spiro atoms. The molecular weight excluding hydrogens is 226 g/mol. The van der Waals surface area contributed by atoms with Gasteiger partial charge in [0.1, 0.15) is 6.23 Å². The number of hydrogen-bond donors (Lipinski definition) is 1. The number of ether oxygens (including phenoxy) is 1. The van der Waals surface area contributed by atoms with Crippen molar-refractivity contribution in [2.75, 3.05) is 19.7 Å². The molecule has 0 saturated carbocycles. The van der Waals surface area contributed by atoms with E-state index in [9.17, 15) is 5.11 Å². The third-order valence-electron chi connectivity index (χ3n) is 3.22. The Balaban J connectivity index is 2.17. The Morgan fingerprint density at radius 3 is 2.83 bits per heavy atom. The van der Waals surface area contributed by atoms with Gasteiger partial charge in [-0.2, -0.15) is 0 Å². The van der Waals surface area contributed by atoms with Crippen LogP contribution in [0.4, 0.5) is 0 Å². The van der Waals surface area contributed by atoms with Gasteiger partial charge >= 0.3 is 0 Å². The first-order chi connectivity index (χ1) is 8.60. The second kappa shape index (κ2) is 5.83. The summed E-state index contributed by atoms with van der Waals surface area (Å²) in [5.74, 6) is 0.596. The lowest BCUT2D eigenvalue weighted by atomic mass is 10.1. The Bertz CT molecular complexity index is 392. The highest BCUT2D eigenvalue weighted by atomic mass is 16.5. The molecule has 2 unspecified atom stereocenters. The molecular formula is C15H23NO2. The summed E-state index contributed by atoms with van der Waals surface area (Å²) in [6.07, 6.45) is -0.0706. The average Bonchev–Trinajstić information content (AvgIpc) is 2.71. The minimum Gasteiger partial charge on any atom is -0.394 e. The van der Waals surface area contributed by atoms with Crippen molar-refractivity contribution in [2.24, 2.45) is 5.92 Å². The van der Waals surface area contributed by atoms with Gasteiger partial charge in [-0.25, -0.2) is 0 Å². The Morgan fingerprint density at radius 2 is 2.22 bits per heavy atom. The molecule has 0 aromatic heterocycles. The fourth-order valence-corrected chi connectivity index (χ4v) is 2.52. The number of benzene rings is 1. The van der Waals surface area contributed by atoms with Crippen molar-refractivity contribution in [3.63, 3.8) is 0 Å². The summed E-state index contributed by atoms with van der Waals surface area (Å²) in [6.45, 7) is 8.41. The zero-order chi connectivity index (χ0) is 13.1. The van der Waals surface area contributed by atoms with Gasteiger partial charge < -0.3 is 9.84 Å². The third-order valence-corrected chi connectivity index (χ3v) is 3.22. The van der Waals surface area contributed by atoms with Gasteiger partial charge in [0, 0.05) is 13.1 Å². The largest absolute Gasteiger partial charge is 0.394 e. The molecule has 0 aliphatic carbocycles. The van der Waals surface area contributed by atoms with E-state index in [1.54, 1.807) is 0 Å². The number of hydrogen-bond acceptors (Lipinski definition) is 3. The van der Waals surface area contributed by atoms with E-state index in [1.807, 2.05) is 0 Å². The second-order valence-corrected chi connectivity index (χ2v) is 5.55. The highest BCUT2D eigenvalue weighted by molar-refractivity contribution is 5.24. The van der Waals surface area contributed by atoms with Crippen molar-refractivity contribution in [3.8, 4) is 0 Å². The van der Waals surface area contributed by atoms with Crippen molar-refractivity contribution in [3.05, 3.63) is 35.4 Å². The van der Waals surface area contributed by atoms with E-state index in [0.717, 1.165) is 13.1 Å². The minimum absolute atomic E-state index is 0.00977. The zero-order valence-electron chi connectivity index (χ0n) is 11.5. The molecule has 1 aliphatic heterocycles. The van der Waals surface area contributed by atoms with Crippen LogP contribution in [0.5, 0.6) is 0 Å². The van der Waals surface area contributed by atoms with E-state index < -0.39 is 0 Å². The summed E-state index contributed by atoms with van der Waals surface area (Å²) in [5, 5.41) is 9.29. The van der Waals surface area contributed by atoms with Crippen molar-refractivity contribution < 1.29 is 9.84 Å². The van der Waals surface area contributed by atoms with E-state index in [4.69, 9.17) is 4.74 Å². The van der Waals surface area contributed by atoms with Gasteiger partial charge in [0.25, 0.3) is 0 Å². The molecule has 2 atom stereocenters. The predicted molar refractivity (Wildman–Crippen MR) is 72.3 cm³/mol. The highest BCUT2D eigenvalue weighted by Crippen LogP contribution is 2.31. The second-order valence-electron chi connectivity index (χ2n) is 5.55. The van der Waals surface area contributed by atoms with Crippen molar-refractivity contribution in [1.82, 2.24) is 4.90 Å². The van der Waals surface area contributed by atoms with Crippen LogP contribution < -0.4 is 0 Å². The van der Waals surface area contributed by atoms with E-state index in [1.165, 1.54) is 11.1 Å². The van der Waals surface area contributed by atoms with E-state index >= 15 is 0 Å². The standard InChI is InChI=1S/C15H23NO2/c1-11(2)8-16-9-14(10-17)18-15(16)13-6-4-5-12(3)7-13/h4-7,11,14-15,17H,8-10H2,1-3H3. The van der Waals surface area contributed by atoms with Gasteiger partial charge in [0.15, 0.2) is 0 Å². The van der Waals surface area contributed by atoms with Crippen LogP contribution >= 0.6 is 0 Å². The number of rotatable bonds is 4. The maximum atomic E-state index is 9.29. The van der Waals surface area contributed by atoms with Crippen molar-refractivity contribution >= 4 is 0 Å². The molecule has 0 bridgehead atoms. The summed E-state index contributed by atoms with van der Waals surface area (Å²) >= 11 is 0. The van der Waals surface area contributed by atoms with Gasteiger partial charge in [0.2, 0.25) is 0 Å². The molecule has 1 aromatic carbocycles. The summed E-state index contributed by atoms with van der Waals surface area (Å²) in [6, 6.07) is 8.42. The van der Waals surface area contributed by atoms with Crippen LogP contribution in [0.25, 0.3) is 0 Å². The van der Waals surface area contributed by atoms with Crippen LogP contribution in [0.2, 0.25) is 0 Å². The molecule has 18 heavy (non-hydrogen) atoms. The van der Waals surface area contributed by atoms with Crippen molar-refractivity contribution in [2.45, 2.75) is 33.1 Å². The first kappa shape index (κ1) is 13.5. The molecule has 1 N–H and O–H groups in total. The average molecular weight is 249 g/mol. The van der Waals surface area contributed by atoms with Crippen LogP contribution in [0.3, 0.4) is 0 Å². The number of aliphatic hydroxyl groups excluding tert-OH is 1. The Kier molecular flexibility index (Phi) is 4.38. The number of nitrogens with zero attached hydrogens (tertiary/aromatic N) is 1. The lowest BCUT2D eigenvalue weighted by Crippen LogP contribution is -2.29. The summed E-state index contributed by atoms with van der Waals surface area (Å²) in [7, 11) is 0. The molecule has 3 nitrogen and oxygen atoms in total. The monoisotopic (exact) mass is 249 g/mol. The fourth-order valence-electron chi connectivity index (χ4n) is 2.52. The highest BCUT2D eigenvalue weighted by Gasteiger charge is 2.33. The van der Waals surface area contributed by atoms with Crippen LogP contribution in [0, 0.1) is 12.8 Å². The molecule has 1 fully saturated rings. The third kappa shape index (κ3) is 3.10. The van der Waals surface area contributed by atoms with Crippen LogP contribution in [0.1, 0.15) is 31.2 Å². The molecule has 1 aromatic rings. The van der Waals surface area contributed by atoms with Gasteiger partial charge in [-0.05, 0) is 18.4 Å². The lowest BCUT2D eigenvalue weighted by Gasteiger charge is -2.24. The first-order valence-electron chi connectivity index (χ1n) is 6.67. The molecule has 2 rings (SSSR count). The molecule has 1 heterocycles. The van der Waals surface area contributed by atoms with Crippen LogP contribution in [-0.2, 0) is 4.74 Å². The van der Waals surface area contributed by atoms with Gasteiger partial charge in [-0.1, -0.05) is 43.7 Å². The summed E-state index contributed by atoms with van der Waals surface area (Å²) < 4.78 is 5.94. The predicted octanol–water partition coefficient (Wildman–Crippen LogP) is 2.34. The van der Waals surface area contributed by atoms with E-state index in [0.29, 0.717) is 5.92 Å². The Morgan fingerprint density at radius 1 is 1.44 bits per heavy atom. The number of aryl methyl sites for hydroxylation is 1. The maximum absolute atomic E-state index is 9.29. The molecule has 1 saturated heterocycles. The normalized spacial score (nSPS) is 24.9. The molecule has 0 radical (unpaired) electrons. The number of aliphatic hydroxyl groups is 1. The lowest BCUT2D eigenvalue weighted by molar-refractivity contribution is -0.0218. The van der Waals surface area contributed by atoms with Crippen LogP contribution in [-0.4, -0.2) is 35.8 Å². The molecule has 3 heteroatoms. The van der Waals surface area contributed by atoms with E-state index in [-0.39, 0.29) is 18.9 Å². The zero-order valence-corrected chi connectivity index (χ0v) is 11.5. The Labute approximate surface area is 109 Å². The quantitative estimate of drug-likeness (QED) is 0.889. The topological polar surface area (TPSA) is 32.7 Å². The fraction of sp³-hybridized carbons (Fsp3) is 0.600. The van der Waals surface area contributed by atoms with Gasteiger partial charge in [0.05, 0.1) is 12.7 Å². The van der Waals surface area contributed by atoms with Gasteiger partial charge in [-0.3, -0.25) is 4.90 Å².